The molecule has 2 rings (SSSR count). The molecule has 6 unspecified atom stereocenters. The molecule has 0 radical (unpaired) electrons. The summed E-state index contributed by atoms with van der Waals surface area (Å²) < 4.78 is 10.3. The highest BCUT2D eigenvalue weighted by Gasteiger charge is 2.32. The van der Waals surface area contributed by atoms with E-state index in [0.29, 0.717) is 35.9 Å². The largest absolute Gasteiger partial charge is 0.384 e. The number of ether oxygens (including phenoxy) is 2. The van der Waals surface area contributed by atoms with Crippen molar-refractivity contribution in [3.8, 4) is 0 Å². The standard InChI is InChI=1S/C12H27N3O.C11H25N3O/c1-10(9-16-2)8-15-4-3-11(6-13)5-12(15)7-14;1-9(8-15-2)7-14-10(5-12)3-4-11(14)6-13/h10-12H,3-9,13-14H2,1-2H3;9-11H,3-8,12-13H2,1-2H3. The van der Waals surface area contributed by atoms with Crippen LogP contribution in [0.5, 0.6) is 0 Å². The summed E-state index contributed by atoms with van der Waals surface area (Å²) in [7, 11) is 3.51. The number of hydrogen-bond acceptors (Lipinski definition) is 8. The highest BCUT2D eigenvalue weighted by atomic mass is 16.5. The van der Waals surface area contributed by atoms with E-state index in [9.17, 15) is 0 Å². The molecule has 0 spiro atoms. The van der Waals surface area contributed by atoms with Gasteiger partial charge in [-0.1, -0.05) is 13.8 Å². The summed E-state index contributed by atoms with van der Waals surface area (Å²) in [4.78, 5) is 4.99. The smallest absolute Gasteiger partial charge is 0.0500 e. The molecule has 2 fully saturated rings. The summed E-state index contributed by atoms with van der Waals surface area (Å²) >= 11 is 0. The van der Waals surface area contributed by atoms with E-state index in [1.165, 1.54) is 19.3 Å². The third-order valence-electron chi connectivity index (χ3n) is 6.84. The Hall–Kier alpha value is -0.320. The first-order chi connectivity index (χ1) is 14.9. The molecule has 0 aromatic rings. The Morgan fingerprint density at radius 3 is 1.71 bits per heavy atom. The van der Waals surface area contributed by atoms with E-state index >= 15 is 0 Å². The minimum Gasteiger partial charge on any atom is -0.384 e. The van der Waals surface area contributed by atoms with Crippen LogP contribution < -0.4 is 22.9 Å². The second-order valence-electron chi connectivity index (χ2n) is 9.68. The molecule has 186 valence electrons. The first-order valence-corrected chi connectivity index (χ1v) is 12.2. The fourth-order valence-electron chi connectivity index (χ4n) is 5.14. The molecule has 2 aliphatic rings. The second-order valence-corrected chi connectivity index (χ2v) is 9.68. The first kappa shape index (κ1) is 28.7. The lowest BCUT2D eigenvalue weighted by atomic mass is 9.90. The number of hydrogen-bond donors (Lipinski definition) is 4. The van der Waals surface area contributed by atoms with Crippen molar-refractivity contribution in [2.75, 3.05) is 73.2 Å². The first-order valence-electron chi connectivity index (χ1n) is 12.2. The van der Waals surface area contributed by atoms with Crippen LogP contribution in [0, 0.1) is 17.8 Å². The van der Waals surface area contributed by atoms with Crippen LogP contribution in [0.25, 0.3) is 0 Å². The molecule has 2 aliphatic heterocycles. The number of rotatable bonds is 12. The van der Waals surface area contributed by atoms with Crippen molar-refractivity contribution in [2.45, 2.75) is 57.7 Å². The maximum Gasteiger partial charge on any atom is 0.0500 e. The minimum absolute atomic E-state index is 0.515. The fraction of sp³-hybridized carbons (Fsp3) is 1.00. The lowest BCUT2D eigenvalue weighted by molar-refractivity contribution is 0.0758. The Bertz CT molecular complexity index is 432. The highest BCUT2D eigenvalue weighted by molar-refractivity contribution is 4.89. The van der Waals surface area contributed by atoms with Crippen LogP contribution in [-0.2, 0) is 9.47 Å². The number of piperidine rings is 1. The van der Waals surface area contributed by atoms with Crippen LogP contribution in [0.1, 0.15) is 39.5 Å². The third kappa shape index (κ3) is 10.0. The summed E-state index contributed by atoms with van der Waals surface area (Å²) in [6, 6.07) is 1.57. The van der Waals surface area contributed by atoms with E-state index in [4.69, 9.17) is 32.4 Å². The molecule has 6 atom stereocenters. The molecule has 8 heteroatoms. The summed E-state index contributed by atoms with van der Waals surface area (Å²) in [5.74, 6) is 1.80. The molecule has 2 saturated heterocycles. The molecule has 0 aromatic heterocycles. The predicted molar refractivity (Wildman–Crippen MR) is 130 cm³/mol. The van der Waals surface area contributed by atoms with E-state index in [-0.39, 0.29) is 0 Å². The molecule has 8 N–H and O–H groups in total. The Kier molecular flexibility index (Phi) is 15.1. The van der Waals surface area contributed by atoms with Gasteiger partial charge in [-0.2, -0.15) is 0 Å². The molecule has 0 aliphatic carbocycles. The van der Waals surface area contributed by atoms with Crippen molar-refractivity contribution in [2.24, 2.45) is 40.7 Å². The summed E-state index contributed by atoms with van der Waals surface area (Å²) in [6.07, 6.45) is 4.76. The van der Waals surface area contributed by atoms with Crippen LogP contribution in [0.2, 0.25) is 0 Å². The van der Waals surface area contributed by atoms with Gasteiger partial charge in [0.2, 0.25) is 0 Å². The van der Waals surface area contributed by atoms with E-state index in [1.807, 2.05) is 0 Å². The van der Waals surface area contributed by atoms with Crippen molar-refractivity contribution < 1.29 is 9.47 Å². The zero-order chi connectivity index (χ0) is 23.2. The van der Waals surface area contributed by atoms with Gasteiger partial charge in [0, 0.05) is 78.3 Å². The van der Waals surface area contributed by atoms with Crippen LogP contribution >= 0.6 is 0 Å². The number of nitrogens with zero attached hydrogens (tertiary/aromatic N) is 2. The Morgan fingerprint density at radius 2 is 1.26 bits per heavy atom. The molecule has 0 amide bonds. The Morgan fingerprint density at radius 1 is 0.742 bits per heavy atom. The van der Waals surface area contributed by atoms with Gasteiger partial charge in [0.15, 0.2) is 0 Å². The van der Waals surface area contributed by atoms with Gasteiger partial charge in [0.1, 0.15) is 0 Å². The molecular weight excluding hydrogens is 392 g/mol. The van der Waals surface area contributed by atoms with Crippen LogP contribution in [0.15, 0.2) is 0 Å². The second kappa shape index (κ2) is 16.3. The van der Waals surface area contributed by atoms with Crippen LogP contribution in [-0.4, -0.2) is 101 Å². The van der Waals surface area contributed by atoms with Gasteiger partial charge in [-0.3, -0.25) is 9.80 Å². The summed E-state index contributed by atoms with van der Waals surface area (Å²) in [6.45, 7) is 12.4. The van der Waals surface area contributed by atoms with E-state index in [2.05, 4.69) is 23.6 Å². The van der Waals surface area contributed by atoms with Crippen molar-refractivity contribution in [3.63, 3.8) is 0 Å². The van der Waals surface area contributed by atoms with E-state index < -0.39 is 0 Å². The maximum atomic E-state index is 5.85. The summed E-state index contributed by atoms with van der Waals surface area (Å²) in [5, 5.41) is 0. The fourth-order valence-corrected chi connectivity index (χ4v) is 5.14. The molecule has 0 aromatic carbocycles. The van der Waals surface area contributed by atoms with E-state index in [1.54, 1.807) is 14.2 Å². The SMILES string of the molecule is COCC(C)CN1C(CN)CCC1CN.COCC(C)CN1CCC(CN)CC1CN. The van der Waals surface area contributed by atoms with Gasteiger partial charge in [-0.05, 0) is 56.5 Å². The third-order valence-corrected chi connectivity index (χ3v) is 6.84. The molecule has 0 saturated carbocycles. The number of nitrogens with two attached hydrogens (primary N) is 4. The van der Waals surface area contributed by atoms with Gasteiger partial charge in [-0.25, -0.2) is 0 Å². The lowest BCUT2D eigenvalue weighted by Crippen LogP contribution is -2.49. The average Bonchev–Trinajstić information content (AvgIpc) is 3.16. The lowest BCUT2D eigenvalue weighted by Gasteiger charge is -2.39. The van der Waals surface area contributed by atoms with Crippen molar-refractivity contribution >= 4 is 0 Å². The van der Waals surface area contributed by atoms with Gasteiger partial charge >= 0.3 is 0 Å². The molecule has 31 heavy (non-hydrogen) atoms. The molecule has 2 heterocycles. The predicted octanol–water partition coefficient (Wildman–Crippen LogP) is 0.286. The zero-order valence-electron chi connectivity index (χ0n) is 20.7. The summed E-state index contributed by atoms with van der Waals surface area (Å²) in [5.41, 5.74) is 23.1. The zero-order valence-corrected chi connectivity index (χ0v) is 20.7. The van der Waals surface area contributed by atoms with Gasteiger partial charge < -0.3 is 32.4 Å². The van der Waals surface area contributed by atoms with Gasteiger partial charge in [0.25, 0.3) is 0 Å². The average molecular weight is 445 g/mol. The molecule has 8 nitrogen and oxygen atoms in total. The van der Waals surface area contributed by atoms with Crippen molar-refractivity contribution in [1.82, 2.24) is 9.80 Å². The van der Waals surface area contributed by atoms with Crippen molar-refractivity contribution in [1.29, 1.82) is 0 Å². The molecular formula is C23H52N6O2. The number of likely N-dealkylation sites (tertiary alicyclic amines) is 2. The Labute approximate surface area is 191 Å². The monoisotopic (exact) mass is 444 g/mol. The topological polar surface area (TPSA) is 129 Å². The van der Waals surface area contributed by atoms with Crippen LogP contribution in [0.4, 0.5) is 0 Å². The van der Waals surface area contributed by atoms with E-state index in [0.717, 1.165) is 65.4 Å². The maximum absolute atomic E-state index is 5.85. The minimum atomic E-state index is 0.515. The van der Waals surface area contributed by atoms with Gasteiger partial charge in [0.05, 0.1) is 0 Å². The van der Waals surface area contributed by atoms with Crippen molar-refractivity contribution in [3.05, 3.63) is 0 Å². The Balaban J connectivity index is 0.000000311. The quantitative estimate of drug-likeness (QED) is 0.338. The van der Waals surface area contributed by atoms with Gasteiger partial charge in [-0.15, -0.1) is 0 Å². The highest BCUT2D eigenvalue weighted by Crippen LogP contribution is 2.24. The molecule has 0 bridgehead atoms. The number of methoxy groups -OCH3 is 2. The van der Waals surface area contributed by atoms with Crippen LogP contribution in [0.3, 0.4) is 0 Å². The normalized spacial score (nSPS) is 29.4.